The van der Waals surface area contributed by atoms with Gasteiger partial charge in [-0.25, -0.2) is 0 Å². The molecule has 0 aliphatic carbocycles. The molecule has 0 heterocycles. The molecule has 17 heavy (non-hydrogen) atoms. The van der Waals surface area contributed by atoms with Crippen LogP contribution in [0.2, 0.25) is 0 Å². The van der Waals surface area contributed by atoms with Gasteiger partial charge in [0.25, 0.3) is 0 Å². The highest BCUT2D eigenvalue weighted by atomic mass is 35.5. The third-order valence-corrected chi connectivity index (χ3v) is 3.22. The molecule has 2 atom stereocenters. The minimum absolute atomic E-state index is 0.0176. The highest BCUT2D eigenvalue weighted by Crippen LogP contribution is 2.12. The van der Waals surface area contributed by atoms with Crippen molar-refractivity contribution in [3.8, 4) is 0 Å². The van der Waals surface area contributed by atoms with E-state index in [1.54, 1.807) is 7.11 Å². The zero-order chi connectivity index (χ0) is 13.1. The third kappa shape index (κ3) is 8.44. The molecule has 0 spiro atoms. The van der Waals surface area contributed by atoms with Gasteiger partial charge in [-0.2, -0.15) is 0 Å². The molecular weight excluding hydrogens is 238 g/mol. The minimum atomic E-state index is -0.0176. The number of hydrogen-bond donors (Lipinski definition) is 1. The molecule has 0 fully saturated rings. The van der Waals surface area contributed by atoms with E-state index in [0.717, 1.165) is 32.1 Å². The first-order valence-electron chi connectivity index (χ1n) is 6.56. The number of carbonyl (C=O) groups excluding carboxylic acids is 1. The number of alkyl halides is 1. The fourth-order valence-corrected chi connectivity index (χ4v) is 1.97. The van der Waals surface area contributed by atoms with Gasteiger partial charge in [0.15, 0.2) is 0 Å². The van der Waals surface area contributed by atoms with Crippen molar-refractivity contribution in [2.24, 2.45) is 5.92 Å². The molecule has 102 valence electrons. The minimum Gasteiger partial charge on any atom is -0.383 e. The summed E-state index contributed by atoms with van der Waals surface area (Å²) in [7, 11) is 1.63. The predicted octanol–water partition coefficient (Wildman–Crippen LogP) is 2.96. The lowest BCUT2D eigenvalue weighted by Gasteiger charge is -2.15. The normalized spacial score (nSPS) is 14.4. The van der Waals surface area contributed by atoms with Gasteiger partial charge in [0.1, 0.15) is 0 Å². The molecule has 1 N–H and O–H groups in total. The number of nitrogens with one attached hydrogen (secondary N) is 1. The highest BCUT2D eigenvalue weighted by Gasteiger charge is 2.15. The summed E-state index contributed by atoms with van der Waals surface area (Å²) in [6, 6.07) is 0. The summed E-state index contributed by atoms with van der Waals surface area (Å²) in [4.78, 5) is 11.8. The van der Waals surface area contributed by atoms with Crippen molar-refractivity contribution in [2.75, 3.05) is 20.3 Å². The summed E-state index contributed by atoms with van der Waals surface area (Å²) >= 11 is 5.99. The van der Waals surface area contributed by atoms with Crippen LogP contribution in [-0.4, -0.2) is 31.5 Å². The summed E-state index contributed by atoms with van der Waals surface area (Å²) in [5.41, 5.74) is 0. The topological polar surface area (TPSA) is 38.3 Å². The molecule has 0 aromatic rings. The molecule has 3 nitrogen and oxygen atoms in total. The molecule has 4 heteroatoms. The molecule has 2 unspecified atom stereocenters. The number of carbonyl (C=O) groups is 1. The Labute approximate surface area is 110 Å². The average molecular weight is 264 g/mol. The van der Waals surface area contributed by atoms with E-state index in [2.05, 4.69) is 19.2 Å². The van der Waals surface area contributed by atoms with Crippen LogP contribution in [0.4, 0.5) is 0 Å². The van der Waals surface area contributed by atoms with Crippen molar-refractivity contribution in [2.45, 2.75) is 51.3 Å². The first kappa shape index (κ1) is 16.7. The van der Waals surface area contributed by atoms with Crippen LogP contribution in [0.25, 0.3) is 0 Å². The second-order valence-electron chi connectivity index (χ2n) is 4.38. The van der Waals surface area contributed by atoms with Gasteiger partial charge in [0, 0.05) is 19.6 Å². The molecule has 0 bridgehead atoms. The van der Waals surface area contributed by atoms with Gasteiger partial charge in [-0.15, -0.1) is 11.6 Å². The van der Waals surface area contributed by atoms with E-state index in [1.165, 1.54) is 0 Å². The summed E-state index contributed by atoms with van der Waals surface area (Å²) in [5, 5.41) is 2.94. The maximum absolute atomic E-state index is 11.8. The summed E-state index contributed by atoms with van der Waals surface area (Å²) in [6.45, 7) is 5.38. The summed E-state index contributed by atoms with van der Waals surface area (Å²) in [5.74, 6) is 0.327. The molecule has 0 aliphatic rings. The van der Waals surface area contributed by atoms with E-state index < -0.39 is 0 Å². The molecular formula is C13H26ClNO2. The van der Waals surface area contributed by atoms with Crippen molar-refractivity contribution < 1.29 is 9.53 Å². The number of methoxy groups -OCH3 is 1. The van der Waals surface area contributed by atoms with E-state index in [0.29, 0.717) is 13.2 Å². The number of halogens is 1. The molecule has 0 saturated heterocycles. The monoisotopic (exact) mass is 263 g/mol. The molecule has 0 aromatic heterocycles. The Kier molecular flexibility index (Phi) is 10.7. The van der Waals surface area contributed by atoms with Crippen molar-refractivity contribution >= 4 is 17.5 Å². The molecule has 0 aromatic carbocycles. The molecule has 1 amide bonds. The van der Waals surface area contributed by atoms with Crippen LogP contribution in [0.5, 0.6) is 0 Å². The Morgan fingerprint density at radius 1 is 1.35 bits per heavy atom. The summed E-state index contributed by atoms with van der Waals surface area (Å²) < 4.78 is 4.94. The van der Waals surface area contributed by atoms with E-state index in [9.17, 15) is 4.79 Å². The van der Waals surface area contributed by atoms with E-state index in [1.807, 2.05) is 0 Å². The van der Waals surface area contributed by atoms with E-state index in [-0.39, 0.29) is 17.2 Å². The fraction of sp³-hybridized carbons (Fsp3) is 0.923. The average Bonchev–Trinajstić information content (AvgIpc) is 2.30. The zero-order valence-corrected chi connectivity index (χ0v) is 12.1. The first-order valence-corrected chi connectivity index (χ1v) is 7.00. The Bertz CT molecular complexity index is 200. The highest BCUT2D eigenvalue weighted by molar-refractivity contribution is 6.20. The lowest BCUT2D eigenvalue weighted by molar-refractivity contribution is -0.125. The first-order chi connectivity index (χ1) is 8.15. The smallest absolute Gasteiger partial charge is 0.223 e. The van der Waals surface area contributed by atoms with Gasteiger partial charge in [-0.1, -0.05) is 26.7 Å². The van der Waals surface area contributed by atoms with Crippen LogP contribution in [0.15, 0.2) is 0 Å². The number of rotatable bonds is 10. The van der Waals surface area contributed by atoms with Crippen molar-refractivity contribution in [1.82, 2.24) is 5.32 Å². The van der Waals surface area contributed by atoms with E-state index >= 15 is 0 Å². The molecule has 0 radical (unpaired) electrons. The standard InChI is InChI=1S/C13H26ClNO2/c1-4-6-7-11(5-2)13(16)15-9-8-12(14)10-17-3/h11-12H,4-10H2,1-3H3,(H,15,16). The SMILES string of the molecule is CCCCC(CC)C(=O)NCCC(Cl)COC. The van der Waals surface area contributed by atoms with Crippen LogP contribution < -0.4 is 5.32 Å². The Morgan fingerprint density at radius 3 is 2.59 bits per heavy atom. The van der Waals surface area contributed by atoms with E-state index in [4.69, 9.17) is 16.3 Å². The van der Waals surface area contributed by atoms with Gasteiger partial charge >= 0.3 is 0 Å². The van der Waals surface area contributed by atoms with Crippen molar-refractivity contribution in [3.05, 3.63) is 0 Å². The lowest BCUT2D eigenvalue weighted by Crippen LogP contribution is -2.32. The number of amides is 1. The summed E-state index contributed by atoms with van der Waals surface area (Å²) in [6.07, 6.45) is 4.91. The van der Waals surface area contributed by atoms with Crippen molar-refractivity contribution in [1.29, 1.82) is 0 Å². The molecule has 0 rings (SSSR count). The number of ether oxygens (including phenoxy) is 1. The van der Waals surface area contributed by atoms with Crippen molar-refractivity contribution in [3.63, 3.8) is 0 Å². The second kappa shape index (κ2) is 10.8. The van der Waals surface area contributed by atoms with Crippen LogP contribution in [-0.2, 0) is 9.53 Å². The zero-order valence-electron chi connectivity index (χ0n) is 11.3. The maximum atomic E-state index is 11.8. The maximum Gasteiger partial charge on any atom is 0.223 e. The second-order valence-corrected chi connectivity index (χ2v) is 5.00. The molecule has 0 aliphatic heterocycles. The predicted molar refractivity (Wildman–Crippen MR) is 72.4 cm³/mol. The van der Waals surface area contributed by atoms with Gasteiger partial charge < -0.3 is 10.1 Å². The fourth-order valence-electron chi connectivity index (χ4n) is 1.73. The Morgan fingerprint density at radius 2 is 2.06 bits per heavy atom. The van der Waals surface area contributed by atoms with Gasteiger partial charge in [-0.05, 0) is 19.3 Å². The number of hydrogen-bond acceptors (Lipinski definition) is 2. The van der Waals surface area contributed by atoms with Gasteiger partial charge in [0.05, 0.1) is 12.0 Å². The Hall–Kier alpha value is -0.280. The van der Waals surface area contributed by atoms with Crippen LogP contribution >= 0.6 is 11.6 Å². The van der Waals surface area contributed by atoms with Gasteiger partial charge in [-0.3, -0.25) is 4.79 Å². The quantitative estimate of drug-likeness (QED) is 0.616. The lowest BCUT2D eigenvalue weighted by atomic mass is 9.98. The van der Waals surface area contributed by atoms with Gasteiger partial charge in [0.2, 0.25) is 5.91 Å². The molecule has 0 saturated carbocycles. The van der Waals surface area contributed by atoms with Crippen LogP contribution in [0.1, 0.15) is 46.0 Å². The largest absolute Gasteiger partial charge is 0.383 e. The number of unbranched alkanes of at least 4 members (excludes halogenated alkanes) is 1. The van der Waals surface area contributed by atoms with Crippen LogP contribution in [0.3, 0.4) is 0 Å². The third-order valence-electron chi connectivity index (χ3n) is 2.87. The van der Waals surface area contributed by atoms with Crippen LogP contribution in [0, 0.1) is 5.92 Å². The Balaban J connectivity index is 3.74.